The first-order valence-corrected chi connectivity index (χ1v) is 8.64. The number of benzene rings is 2. The number of aryl methyl sites for hydroxylation is 1. The van der Waals surface area contributed by atoms with Crippen molar-refractivity contribution in [2.75, 3.05) is 0 Å². The number of halogens is 1. The highest BCUT2D eigenvalue weighted by Crippen LogP contribution is 2.36. The molecule has 0 radical (unpaired) electrons. The molecule has 6 nitrogen and oxygen atoms in total. The SMILES string of the molecule is CC(C)(C)c1cc(CCC(=O)O)cc(-n2nc3ccc(Cl)cc3n2)c1O. The molecule has 0 fully saturated rings. The number of hydrogen-bond acceptors (Lipinski definition) is 4. The molecular formula is C19H20ClN3O3. The topological polar surface area (TPSA) is 88.2 Å². The zero-order valence-electron chi connectivity index (χ0n) is 14.8. The van der Waals surface area contributed by atoms with Crippen molar-refractivity contribution in [2.45, 2.75) is 39.0 Å². The molecule has 0 spiro atoms. The Bertz CT molecular complexity index is 990. The Labute approximate surface area is 156 Å². The van der Waals surface area contributed by atoms with E-state index in [-0.39, 0.29) is 17.6 Å². The molecule has 0 unspecified atom stereocenters. The number of aromatic nitrogens is 3. The van der Waals surface area contributed by atoms with E-state index in [2.05, 4.69) is 10.2 Å². The van der Waals surface area contributed by atoms with Crippen molar-refractivity contribution < 1.29 is 15.0 Å². The minimum absolute atomic E-state index is 0.0118. The second-order valence-corrected chi connectivity index (χ2v) is 7.71. The lowest BCUT2D eigenvalue weighted by Gasteiger charge is -2.23. The van der Waals surface area contributed by atoms with E-state index in [0.717, 1.165) is 11.1 Å². The van der Waals surface area contributed by atoms with Gasteiger partial charge in [-0.2, -0.15) is 0 Å². The van der Waals surface area contributed by atoms with Gasteiger partial charge >= 0.3 is 5.97 Å². The molecule has 1 heterocycles. The number of rotatable bonds is 4. The fourth-order valence-electron chi connectivity index (χ4n) is 2.79. The predicted molar refractivity (Wildman–Crippen MR) is 100 cm³/mol. The number of phenolic OH excluding ortho intramolecular Hbond substituents is 1. The maximum Gasteiger partial charge on any atom is 0.303 e. The molecule has 7 heteroatoms. The van der Waals surface area contributed by atoms with E-state index >= 15 is 0 Å². The maximum atomic E-state index is 10.9. The second-order valence-electron chi connectivity index (χ2n) is 7.28. The average molecular weight is 374 g/mol. The standard InChI is InChI=1S/C19H20ClN3O3/c1-19(2,3)13-8-11(4-7-17(24)25)9-16(18(13)26)23-21-14-6-5-12(20)10-15(14)22-23/h5-6,8-10,26H,4,7H2,1-3H3,(H,24,25). The number of hydrogen-bond donors (Lipinski definition) is 2. The van der Waals surface area contributed by atoms with Crippen LogP contribution in [-0.4, -0.2) is 31.2 Å². The lowest BCUT2D eigenvalue weighted by atomic mass is 9.84. The van der Waals surface area contributed by atoms with E-state index in [4.69, 9.17) is 16.7 Å². The van der Waals surface area contributed by atoms with Gasteiger partial charge in [-0.15, -0.1) is 15.0 Å². The third-order valence-corrected chi connectivity index (χ3v) is 4.38. The lowest BCUT2D eigenvalue weighted by molar-refractivity contribution is -0.136. The smallest absolute Gasteiger partial charge is 0.303 e. The highest BCUT2D eigenvalue weighted by atomic mass is 35.5. The monoisotopic (exact) mass is 373 g/mol. The number of phenols is 1. The van der Waals surface area contributed by atoms with Crippen molar-refractivity contribution in [3.8, 4) is 11.4 Å². The van der Waals surface area contributed by atoms with Gasteiger partial charge in [-0.25, -0.2) is 0 Å². The zero-order valence-corrected chi connectivity index (χ0v) is 15.6. The van der Waals surface area contributed by atoms with Gasteiger partial charge in [0.15, 0.2) is 0 Å². The molecule has 2 N–H and O–H groups in total. The van der Waals surface area contributed by atoms with Crippen molar-refractivity contribution >= 4 is 28.6 Å². The van der Waals surface area contributed by atoms with Crippen LogP contribution in [0.5, 0.6) is 5.75 Å². The molecular weight excluding hydrogens is 354 g/mol. The minimum Gasteiger partial charge on any atom is -0.505 e. The molecule has 1 aromatic heterocycles. The van der Waals surface area contributed by atoms with Crippen molar-refractivity contribution in [3.05, 3.63) is 46.5 Å². The first kappa shape index (κ1) is 18.2. The van der Waals surface area contributed by atoms with Crippen LogP contribution in [0.3, 0.4) is 0 Å². The van der Waals surface area contributed by atoms with Crippen LogP contribution in [-0.2, 0) is 16.6 Å². The largest absolute Gasteiger partial charge is 0.505 e. The zero-order chi connectivity index (χ0) is 19.1. The Morgan fingerprint density at radius 1 is 1.15 bits per heavy atom. The van der Waals surface area contributed by atoms with Gasteiger partial charge in [0.05, 0.1) is 0 Å². The molecule has 26 heavy (non-hydrogen) atoms. The molecule has 0 aliphatic rings. The Morgan fingerprint density at radius 3 is 2.50 bits per heavy atom. The van der Waals surface area contributed by atoms with E-state index in [0.29, 0.717) is 28.2 Å². The summed E-state index contributed by atoms with van der Waals surface area (Å²) >= 11 is 6.00. The molecule has 2 aromatic carbocycles. The van der Waals surface area contributed by atoms with E-state index in [9.17, 15) is 9.90 Å². The number of nitrogens with zero attached hydrogens (tertiary/aromatic N) is 3. The summed E-state index contributed by atoms with van der Waals surface area (Å²) in [5.41, 5.74) is 2.89. The molecule has 0 aliphatic carbocycles. The minimum atomic E-state index is -0.866. The van der Waals surface area contributed by atoms with Crippen LogP contribution in [0.4, 0.5) is 0 Å². The lowest BCUT2D eigenvalue weighted by Crippen LogP contribution is -2.14. The molecule has 0 bridgehead atoms. The number of carbonyl (C=O) groups is 1. The number of carboxylic acid groups (broad SMARTS) is 1. The van der Waals surface area contributed by atoms with Crippen molar-refractivity contribution in [2.24, 2.45) is 0 Å². The molecule has 136 valence electrons. The molecule has 3 aromatic rings. The molecule has 0 atom stereocenters. The highest BCUT2D eigenvalue weighted by molar-refractivity contribution is 6.31. The van der Waals surface area contributed by atoms with Gasteiger partial charge in [0.2, 0.25) is 0 Å². The predicted octanol–water partition coefficient (Wildman–Crippen LogP) is 4.09. The molecule has 0 aliphatic heterocycles. The average Bonchev–Trinajstić information content (AvgIpc) is 2.95. The molecule has 0 amide bonds. The van der Waals surface area contributed by atoms with Crippen LogP contribution in [0.2, 0.25) is 5.02 Å². The van der Waals surface area contributed by atoms with Crippen LogP contribution >= 0.6 is 11.6 Å². The third-order valence-electron chi connectivity index (χ3n) is 4.14. The van der Waals surface area contributed by atoms with Crippen LogP contribution in [0.15, 0.2) is 30.3 Å². The summed E-state index contributed by atoms with van der Waals surface area (Å²) < 4.78 is 0. The Balaban J connectivity index is 2.16. The fourth-order valence-corrected chi connectivity index (χ4v) is 2.96. The third kappa shape index (κ3) is 3.65. The maximum absolute atomic E-state index is 10.9. The van der Waals surface area contributed by atoms with Gasteiger partial charge in [-0.1, -0.05) is 38.4 Å². The first-order chi connectivity index (χ1) is 12.1. The summed E-state index contributed by atoms with van der Waals surface area (Å²) in [6.45, 7) is 5.96. The normalized spacial score (nSPS) is 11.8. The molecule has 3 rings (SSSR count). The van der Waals surface area contributed by atoms with E-state index in [1.807, 2.05) is 26.8 Å². The number of aliphatic carboxylic acids is 1. The van der Waals surface area contributed by atoms with Gasteiger partial charge in [0, 0.05) is 17.0 Å². The fraction of sp³-hybridized carbons (Fsp3) is 0.316. The van der Waals surface area contributed by atoms with Crippen molar-refractivity contribution in [3.63, 3.8) is 0 Å². The van der Waals surface area contributed by atoms with Crippen LogP contribution < -0.4 is 0 Å². The summed E-state index contributed by atoms with van der Waals surface area (Å²) in [6.07, 6.45) is 0.371. The highest BCUT2D eigenvalue weighted by Gasteiger charge is 2.23. The van der Waals surface area contributed by atoms with Gasteiger partial charge in [-0.3, -0.25) is 4.79 Å². The summed E-state index contributed by atoms with van der Waals surface area (Å²) in [5, 5.41) is 29.2. The molecule has 0 saturated heterocycles. The van der Waals surface area contributed by atoms with E-state index in [1.165, 1.54) is 4.80 Å². The summed E-state index contributed by atoms with van der Waals surface area (Å²) in [4.78, 5) is 12.3. The Hall–Kier alpha value is -2.60. The molecule has 0 saturated carbocycles. The Morgan fingerprint density at radius 2 is 1.85 bits per heavy atom. The van der Waals surface area contributed by atoms with Crippen LogP contribution in [0, 0.1) is 0 Å². The number of aromatic hydroxyl groups is 1. The van der Waals surface area contributed by atoms with Crippen LogP contribution in [0.1, 0.15) is 38.3 Å². The van der Waals surface area contributed by atoms with Gasteiger partial charge < -0.3 is 10.2 Å². The van der Waals surface area contributed by atoms with Crippen molar-refractivity contribution in [1.82, 2.24) is 15.0 Å². The Kier molecular flexibility index (Phi) is 4.63. The van der Waals surface area contributed by atoms with Gasteiger partial charge in [0.25, 0.3) is 0 Å². The van der Waals surface area contributed by atoms with Crippen LogP contribution in [0.25, 0.3) is 16.7 Å². The van der Waals surface area contributed by atoms with Gasteiger partial charge in [-0.05, 0) is 41.7 Å². The summed E-state index contributed by atoms with van der Waals surface area (Å²) in [7, 11) is 0. The first-order valence-electron chi connectivity index (χ1n) is 8.26. The van der Waals surface area contributed by atoms with Crippen molar-refractivity contribution in [1.29, 1.82) is 0 Å². The number of fused-ring (bicyclic) bond motifs is 1. The van der Waals surface area contributed by atoms with E-state index in [1.54, 1.807) is 24.3 Å². The summed E-state index contributed by atoms with van der Waals surface area (Å²) in [6, 6.07) is 8.77. The van der Waals surface area contributed by atoms with E-state index < -0.39 is 5.97 Å². The van der Waals surface area contributed by atoms with Gasteiger partial charge in [0.1, 0.15) is 22.5 Å². The number of carboxylic acids is 1. The summed E-state index contributed by atoms with van der Waals surface area (Å²) in [5.74, 6) is -0.780. The quantitative estimate of drug-likeness (QED) is 0.718. The second kappa shape index (κ2) is 6.61.